The maximum atomic E-state index is 12.2. The van der Waals surface area contributed by atoms with Gasteiger partial charge < -0.3 is 18.5 Å². The summed E-state index contributed by atoms with van der Waals surface area (Å²) in [5, 5.41) is 0. The summed E-state index contributed by atoms with van der Waals surface area (Å²) < 4.78 is 22.6. The minimum atomic E-state index is -2.95. The van der Waals surface area contributed by atoms with Gasteiger partial charge in [0, 0.05) is 0 Å². The molecule has 6 nitrogen and oxygen atoms in total. The van der Waals surface area contributed by atoms with E-state index in [2.05, 4.69) is 0 Å². The van der Waals surface area contributed by atoms with Crippen LogP contribution < -0.4 is 9.41 Å². The van der Waals surface area contributed by atoms with Crippen LogP contribution in [0.2, 0.25) is 0 Å². The highest BCUT2D eigenvalue weighted by Gasteiger charge is 2.39. The summed E-state index contributed by atoms with van der Waals surface area (Å²) in [4.78, 5) is 12.2. The van der Waals surface area contributed by atoms with E-state index in [1.807, 2.05) is 6.92 Å². The van der Waals surface area contributed by atoms with Crippen LogP contribution in [-0.4, -0.2) is 33.0 Å². The number of methoxy groups -OCH3 is 2. The molecular weight excluding hydrogens is 313 g/mol. The lowest BCUT2D eigenvalue weighted by Gasteiger charge is -2.37. The fourth-order valence-corrected chi connectivity index (χ4v) is 4.92. The number of hydrogen-bond acceptors (Lipinski definition) is 6. The Morgan fingerprint density at radius 1 is 1.38 bits per heavy atom. The Hall–Kier alpha value is -1.14. The fraction of sp³-hybridized carbons (Fsp3) is 0.462. The third-order valence-electron chi connectivity index (χ3n) is 3.00. The first kappa shape index (κ1) is 16.2. The van der Waals surface area contributed by atoms with E-state index in [0.29, 0.717) is 18.0 Å². The van der Waals surface area contributed by atoms with Crippen LogP contribution >= 0.6 is 6.64 Å². The summed E-state index contributed by atoms with van der Waals surface area (Å²) in [6.07, 6.45) is 0.0864. The summed E-state index contributed by atoms with van der Waals surface area (Å²) in [5.74, 6) is 0.680. The van der Waals surface area contributed by atoms with Crippen molar-refractivity contribution in [3.63, 3.8) is 0 Å². The fourth-order valence-electron chi connectivity index (χ4n) is 1.91. The Labute approximate surface area is 129 Å². The number of ether oxygens (including phenoxy) is 2. The molecule has 0 radical (unpaired) electrons. The van der Waals surface area contributed by atoms with Crippen molar-refractivity contribution in [1.29, 1.82) is 0 Å². The Kier molecular flexibility index (Phi) is 5.22. The number of carbonyl (C=O) groups excluding carboxylic acids is 1. The molecular formula is C13H18NO5PS. The summed E-state index contributed by atoms with van der Waals surface area (Å²) >= 11 is 5.50. The van der Waals surface area contributed by atoms with E-state index in [-0.39, 0.29) is 6.10 Å². The quantitative estimate of drug-likeness (QED) is 0.792. The molecule has 0 bridgehead atoms. The molecule has 21 heavy (non-hydrogen) atoms. The van der Waals surface area contributed by atoms with E-state index in [0.717, 1.165) is 6.42 Å². The molecule has 1 aromatic carbocycles. The number of hydrogen-bond donors (Lipinski definition) is 0. The summed E-state index contributed by atoms with van der Waals surface area (Å²) in [7, 11) is 2.87. The van der Waals surface area contributed by atoms with Crippen molar-refractivity contribution in [2.75, 3.05) is 25.5 Å². The largest absolute Gasteiger partial charge is 0.497 e. The number of nitrogens with zero attached hydrogens (tertiary/aromatic N) is 1. The molecule has 0 aliphatic carbocycles. The zero-order valence-corrected chi connectivity index (χ0v) is 13.9. The molecule has 8 heteroatoms. The highest BCUT2D eigenvalue weighted by molar-refractivity contribution is 8.11. The number of carbonyl (C=O) groups is 1. The Balaban J connectivity index is 2.37. The van der Waals surface area contributed by atoms with Gasteiger partial charge in [0.25, 0.3) is 6.64 Å². The first-order valence-corrected chi connectivity index (χ1v) is 9.05. The standard InChI is InChI=1S/C13H18NO5PS/c1-10-8-9-18-20(21,19-10)14(13(15)17-3)11-4-6-12(16-2)7-5-11/h4-7,10H,8-9H2,1-3H3. The van der Waals surface area contributed by atoms with Gasteiger partial charge >= 0.3 is 6.09 Å². The SMILES string of the molecule is COC(=O)N(c1ccc(OC)cc1)P1(=S)OCCC(C)O1. The van der Waals surface area contributed by atoms with Gasteiger partial charge in [-0.1, -0.05) is 0 Å². The molecule has 2 atom stereocenters. The van der Waals surface area contributed by atoms with Crippen LogP contribution in [-0.2, 0) is 25.6 Å². The number of rotatable bonds is 3. The van der Waals surface area contributed by atoms with Crippen LogP contribution in [0.25, 0.3) is 0 Å². The second kappa shape index (κ2) is 6.75. The second-order valence-corrected chi connectivity index (χ2v) is 7.68. The van der Waals surface area contributed by atoms with Crippen LogP contribution in [0.1, 0.15) is 13.3 Å². The maximum Gasteiger partial charge on any atom is 0.421 e. The van der Waals surface area contributed by atoms with Crippen molar-refractivity contribution in [2.24, 2.45) is 0 Å². The molecule has 2 unspecified atom stereocenters. The van der Waals surface area contributed by atoms with E-state index in [1.165, 1.54) is 11.8 Å². The average Bonchev–Trinajstić information content (AvgIpc) is 2.47. The van der Waals surface area contributed by atoms with E-state index in [1.54, 1.807) is 31.4 Å². The van der Waals surface area contributed by atoms with E-state index >= 15 is 0 Å². The lowest BCUT2D eigenvalue weighted by molar-refractivity contribution is 0.115. The molecule has 1 aromatic rings. The molecule has 2 rings (SSSR count). The van der Waals surface area contributed by atoms with Gasteiger partial charge in [-0.2, -0.15) is 0 Å². The second-order valence-electron chi connectivity index (χ2n) is 4.49. The van der Waals surface area contributed by atoms with Crippen LogP contribution in [0, 0.1) is 0 Å². The van der Waals surface area contributed by atoms with E-state index in [9.17, 15) is 4.79 Å². The van der Waals surface area contributed by atoms with E-state index in [4.69, 9.17) is 30.3 Å². The molecule has 0 saturated carbocycles. The third-order valence-corrected chi connectivity index (χ3v) is 6.09. The van der Waals surface area contributed by atoms with Gasteiger partial charge in [0.05, 0.1) is 32.6 Å². The molecule has 1 saturated heterocycles. The molecule has 1 amide bonds. The lowest BCUT2D eigenvalue weighted by atomic mass is 10.3. The number of amides is 1. The Morgan fingerprint density at radius 3 is 2.57 bits per heavy atom. The molecule has 116 valence electrons. The van der Waals surface area contributed by atoms with Crippen molar-refractivity contribution in [2.45, 2.75) is 19.4 Å². The zero-order chi connectivity index (χ0) is 15.5. The minimum Gasteiger partial charge on any atom is -0.497 e. The Morgan fingerprint density at radius 2 is 2.05 bits per heavy atom. The van der Waals surface area contributed by atoms with Gasteiger partial charge in [0.1, 0.15) is 5.75 Å². The van der Waals surface area contributed by atoms with Gasteiger partial charge in [-0.15, -0.1) is 0 Å². The van der Waals surface area contributed by atoms with Crippen LogP contribution in [0.5, 0.6) is 5.75 Å². The zero-order valence-electron chi connectivity index (χ0n) is 12.1. The molecule has 1 aliphatic rings. The molecule has 1 fully saturated rings. The van der Waals surface area contributed by atoms with Gasteiger partial charge in [-0.3, -0.25) is 0 Å². The van der Waals surface area contributed by atoms with Gasteiger partial charge in [-0.05, 0) is 49.4 Å². The predicted molar refractivity (Wildman–Crippen MR) is 83.3 cm³/mol. The number of anilines is 1. The van der Waals surface area contributed by atoms with Crippen LogP contribution in [0.15, 0.2) is 24.3 Å². The van der Waals surface area contributed by atoms with Crippen molar-refractivity contribution in [1.82, 2.24) is 0 Å². The topological polar surface area (TPSA) is 57.2 Å². The van der Waals surface area contributed by atoms with Crippen molar-refractivity contribution in [3.8, 4) is 5.75 Å². The van der Waals surface area contributed by atoms with Crippen molar-refractivity contribution in [3.05, 3.63) is 24.3 Å². The maximum absolute atomic E-state index is 12.2. The van der Waals surface area contributed by atoms with Gasteiger partial charge in [0.15, 0.2) is 0 Å². The summed E-state index contributed by atoms with van der Waals surface area (Å²) in [6, 6.07) is 6.91. The molecule has 1 aliphatic heterocycles. The molecule has 0 spiro atoms. The molecule has 0 aromatic heterocycles. The van der Waals surface area contributed by atoms with Gasteiger partial charge in [0.2, 0.25) is 0 Å². The first-order valence-electron chi connectivity index (χ1n) is 6.46. The first-order chi connectivity index (χ1) is 10.00. The molecule has 0 N–H and O–H groups in total. The monoisotopic (exact) mass is 331 g/mol. The lowest BCUT2D eigenvalue weighted by Crippen LogP contribution is -2.33. The number of benzene rings is 1. The highest BCUT2D eigenvalue weighted by atomic mass is 32.5. The van der Waals surface area contributed by atoms with Gasteiger partial charge in [-0.25, -0.2) is 9.46 Å². The predicted octanol–water partition coefficient (Wildman–Crippen LogP) is 3.32. The third kappa shape index (κ3) is 3.55. The Bertz CT molecular complexity index is 550. The minimum absolute atomic E-state index is 0.0602. The van der Waals surface area contributed by atoms with Crippen molar-refractivity contribution >= 4 is 30.2 Å². The van der Waals surface area contributed by atoms with E-state index < -0.39 is 12.7 Å². The summed E-state index contributed by atoms with van der Waals surface area (Å²) in [6.45, 7) is -0.576. The van der Waals surface area contributed by atoms with Crippen LogP contribution in [0.3, 0.4) is 0 Å². The van der Waals surface area contributed by atoms with Crippen molar-refractivity contribution < 1.29 is 23.3 Å². The molecule has 1 heterocycles. The van der Waals surface area contributed by atoms with Crippen LogP contribution in [0.4, 0.5) is 10.5 Å². The normalized spacial score (nSPS) is 25.2. The highest BCUT2D eigenvalue weighted by Crippen LogP contribution is 2.58. The summed E-state index contributed by atoms with van der Waals surface area (Å²) in [5.41, 5.74) is 0.556. The average molecular weight is 331 g/mol. The smallest absolute Gasteiger partial charge is 0.421 e.